The zero-order chi connectivity index (χ0) is 27.9. The third-order valence-electron chi connectivity index (χ3n) is 7.92. The van der Waals surface area contributed by atoms with E-state index in [1.807, 2.05) is 30.5 Å². The van der Waals surface area contributed by atoms with Gasteiger partial charge in [0.15, 0.2) is 5.58 Å². The minimum atomic E-state index is 0.770. The van der Waals surface area contributed by atoms with Gasteiger partial charge in [0.2, 0.25) is 0 Å². The fraction of sp³-hybridized carbons (Fsp3) is 0. The van der Waals surface area contributed by atoms with Crippen molar-refractivity contribution in [2.24, 2.45) is 0 Å². The lowest BCUT2D eigenvalue weighted by Gasteiger charge is -2.25. The van der Waals surface area contributed by atoms with Gasteiger partial charge >= 0.3 is 0 Å². The quantitative estimate of drug-likeness (QED) is 0.218. The van der Waals surface area contributed by atoms with Crippen LogP contribution >= 0.6 is 0 Å². The first-order chi connectivity index (χ1) is 20.8. The average molecular weight is 539 g/mol. The molecule has 2 aromatic heterocycles. The molecule has 0 amide bonds. The van der Waals surface area contributed by atoms with E-state index >= 15 is 0 Å². The van der Waals surface area contributed by atoms with Gasteiger partial charge in [0.1, 0.15) is 11.1 Å². The summed E-state index contributed by atoms with van der Waals surface area (Å²) in [6.45, 7) is 0. The normalized spacial score (nSPS) is 11.3. The number of fused-ring (bicyclic) bond motifs is 4. The highest BCUT2D eigenvalue weighted by molar-refractivity contribution is 6.03. The summed E-state index contributed by atoms with van der Waals surface area (Å²) in [7, 11) is 0. The minimum Gasteiger partial charge on any atom is -0.454 e. The molecule has 0 N–H and O–H groups in total. The van der Waals surface area contributed by atoms with Crippen molar-refractivity contribution in [2.75, 3.05) is 4.90 Å². The van der Waals surface area contributed by atoms with Crippen molar-refractivity contribution >= 4 is 49.9 Å². The van der Waals surface area contributed by atoms with Gasteiger partial charge in [-0.25, -0.2) is 4.98 Å². The maximum Gasteiger partial charge on any atom is 0.155 e. The van der Waals surface area contributed by atoms with E-state index in [1.165, 1.54) is 33.0 Å². The van der Waals surface area contributed by atoms with E-state index in [-0.39, 0.29) is 0 Å². The summed E-state index contributed by atoms with van der Waals surface area (Å²) in [6.07, 6.45) is 1.94. The zero-order valence-electron chi connectivity index (χ0n) is 22.8. The zero-order valence-corrected chi connectivity index (χ0v) is 22.8. The minimum absolute atomic E-state index is 0.770. The lowest BCUT2D eigenvalue weighted by Crippen LogP contribution is -2.10. The summed E-state index contributed by atoms with van der Waals surface area (Å²) in [5, 5.41) is 3.52. The molecule has 0 fully saturated rings. The summed E-state index contributed by atoms with van der Waals surface area (Å²) in [5.41, 5.74) is 10.3. The molecular weight excluding hydrogens is 512 g/mol. The fourth-order valence-electron chi connectivity index (χ4n) is 5.85. The van der Waals surface area contributed by atoms with E-state index in [9.17, 15) is 0 Å². The highest BCUT2D eigenvalue weighted by atomic mass is 16.3. The monoisotopic (exact) mass is 538 g/mol. The number of aromatic nitrogens is 1. The molecule has 0 saturated heterocycles. The Morgan fingerprint density at radius 3 is 1.86 bits per heavy atom. The molecule has 8 rings (SSSR count). The summed E-state index contributed by atoms with van der Waals surface area (Å²) in [4.78, 5) is 7.11. The Hall–Kier alpha value is -5.67. The Bertz CT molecular complexity index is 2170. The summed E-state index contributed by atoms with van der Waals surface area (Å²) < 4.78 is 6.22. The van der Waals surface area contributed by atoms with Gasteiger partial charge in [0, 0.05) is 22.8 Å². The van der Waals surface area contributed by atoms with Crippen molar-refractivity contribution in [1.82, 2.24) is 4.98 Å². The van der Waals surface area contributed by atoms with E-state index in [2.05, 4.69) is 132 Å². The van der Waals surface area contributed by atoms with Crippen LogP contribution in [0.5, 0.6) is 0 Å². The Morgan fingerprint density at radius 1 is 0.452 bits per heavy atom. The molecule has 6 aromatic carbocycles. The van der Waals surface area contributed by atoms with Crippen molar-refractivity contribution in [2.45, 2.75) is 0 Å². The second-order valence-corrected chi connectivity index (χ2v) is 10.5. The van der Waals surface area contributed by atoms with Gasteiger partial charge in [-0.2, -0.15) is 0 Å². The third kappa shape index (κ3) is 4.20. The molecule has 3 heteroatoms. The fourth-order valence-corrected chi connectivity index (χ4v) is 5.85. The molecule has 8 aromatic rings. The number of benzene rings is 6. The van der Waals surface area contributed by atoms with Crippen LogP contribution in [0.25, 0.3) is 55.1 Å². The second kappa shape index (κ2) is 10.1. The van der Waals surface area contributed by atoms with Crippen molar-refractivity contribution < 1.29 is 4.42 Å². The van der Waals surface area contributed by atoms with Crippen LogP contribution in [-0.4, -0.2) is 4.98 Å². The smallest absolute Gasteiger partial charge is 0.155 e. The molecule has 42 heavy (non-hydrogen) atoms. The maximum atomic E-state index is 6.22. The van der Waals surface area contributed by atoms with E-state index in [1.54, 1.807) is 0 Å². The summed E-state index contributed by atoms with van der Waals surface area (Å²) >= 11 is 0. The van der Waals surface area contributed by atoms with E-state index in [0.717, 1.165) is 39.1 Å². The van der Waals surface area contributed by atoms with Gasteiger partial charge in [0.05, 0.1) is 11.9 Å². The van der Waals surface area contributed by atoms with Crippen LogP contribution in [0.15, 0.2) is 162 Å². The highest BCUT2D eigenvalue weighted by Crippen LogP contribution is 2.39. The molecule has 0 radical (unpaired) electrons. The second-order valence-electron chi connectivity index (χ2n) is 10.5. The number of para-hydroxylation sites is 1. The first-order valence-corrected chi connectivity index (χ1v) is 14.1. The van der Waals surface area contributed by atoms with Gasteiger partial charge in [-0.1, -0.05) is 109 Å². The number of rotatable bonds is 5. The predicted molar refractivity (Wildman–Crippen MR) is 175 cm³/mol. The maximum absolute atomic E-state index is 6.22. The molecule has 2 heterocycles. The Labute approximate surface area is 243 Å². The lowest BCUT2D eigenvalue weighted by atomic mass is 9.98. The third-order valence-corrected chi connectivity index (χ3v) is 7.92. The molecule has 3 nitrogen and oxygen atoms in total. The van der Waals surface area contributed by atoms with E-state index in [0.29, 0.717) is 0 Å². The van der Waals surface area contributed by atoms with Crippen LogP contribution in [0.4, 0.5) is 17.1 Å². The van der Waals surface area contributed by atoms with Gasteiger partial charge < -0.3 is 9.32 Å². The van der Waals surface area contributed by atoms with Gasteiger partial charge in [-0.05, 0) is 69.4 Å². The number of anilines is 3. The molecule has 0 bridgehead atoms. The molecule has 0 spiro atoms. The average Bonchev–Trinajstić information content (AvgIpc) is 3.44. The van der Waals surface area contributed by atoms with Gasteiger partial charge in [-0.3, -0.25) is 0 Å². The van der Waals surface area contributed by atoms with Crippen LogP contribution in [0, 0.1) is 0 Å². The van der Waals surface area contributed by atoms with Crippen LogP contribution in [-0.2, 0) is 0 Å². The first kappa shape index (κ1) is 24.2. The Balaban J connectivity index is 1.24. The van der Waals surface area contributed by atoms with Crippen LogP contribution in [0.3, 0.4) is 0 Å². The highest BCUT2D eigenvalue weighted by Gasteiger charge is 2.17. The van der Waals surface area contributed by atoms with Crippen molar-refractivity contribution in [3.8, 4) is 22.3 Å². The topological polar surface area (TPSA) is 29.3 Å². The Kier molecular flexibility index (Phi) is 5.79. The Morgan fingerprint density at radius 2 is 1.07 bits per heavy atom. The van der Waals surface area contributed by atoms with Crippen molar-refractivity contribution in [3.63, 3.8) is 0 Å². The lowest BCUT2D eigenvalue weighted by molar-refractivity contribution is 0.668. The van der Waals surface area contributed by atoms with Crippen molar-refractivity contribution in [1.29, 1.82) is 0 Å². The number of hydrogen-bond donors (Lipinski definition) is 0. The van der Waals surface area contributed by atoms with Crippen LogP contribution in [0.1, 0.15) is 0 Å². The largest absolute Gasteiger partial charge is 0.454 e. The van der Waals surface area contributed by atoms with Gasteiger partial charge in [0.25, 0.3) is 0 Å². The standard InChI is InChI=1S/C39H26N2O/c1-2-9-27(10-3-1)28-17-21-31(22-18-28)41(33-25-38-39(40-26-33)36-14-6-7-16-37(36)42-38)32-23-19-30(20-24-32)35-15-8-12-29-11-4-5-13-34(29)35/h1-26H. The number of hydrogen-bond acceptors (Lipinski definition) is 3. The first-order valence-electron chi connectivity index (χ1n) is 14.1. The molecule has 0 atom stereocenters. The van der Waals surface area contributed by atoms with Crippen LogP contribution in [0.2, 0.25) is 0 Å². The predicted octanol–water partition coefficient (Wildman–Crippen LogP) is 10.9. The summed E-state index contributed by atoms with van der Waals surface area (Å²) in [6, 6.07) is 53.1. The van der Waals surface area contributed by atoms with Gasteiger partial charge in [-0.15, -0.1) is 0 Å². The molecule has 0 unspecified atom stereocenters. The van der Waals surface area contributed by atoms with E-state index in [4.69, 9.17) is 9.40 Å². The number of furan rings is 1. The van der Waals surface area contributed by atoms with E-state index < -0.39 is 0 Å². The molecule has 0 aliphatic heterocycles. The number of nitrogens with zero attached hydrogens (tertiary/aromatic N) is 2. The van der Waals surface area contributed by atoms with Crippen LogP contribution < -0.4 is 4.90 Å². The number of pyridine rings is 1. The molecule has 0 aliphatic rings. The molecule has 0 saturated carbocycles. The molecule has 0 aliphatic carbocycles. The molecular formula is C39H26N2O. The summed E-state index contributed by atoms with van der Waals surface area (Å²) in [5.74, 6) is 0. The molecule has 198 valence electrons. The van der Waals surface area contributed by atoms with Crippen molar-refractivity contribution in [3.05, 3.63) is 158 Å². The SMILES string of the molecule is c1ccc(-c2ccc(N(c3ccc(-c4cccc5ccccc45)cc3)c3cnc4c(c3)oc3ccccc34)cc2)cc1.